The zero-order valence-electron chi connectivity index (χ0n) is 10.3. The van der Waals surface area contributed by atoms with Crippen molar-refractivity contribution < 1.29 is 4.74 Å². The Labute approximate surface area is 120 Å². The van der Waals surface area contributed by atoms with Crippen LogP contribution in [0.4, 0.5) is 0 Å². The molecular formula is C13H19Br2NO. The number of unbranched alkanes of at least 4 members (excludes halogenated alkanes) is 1. The van der Waals surface area contributed by atoms with E-state index in [4.69, 9.17) is 4.74 Å². The highest BCUT2D eigenvalue weighted by molar-refractivity contribution is 9.11. The molecule has 0 spiro atoms. The van der Waals surface area contributed by atoms with Crippen LogP contribution in [-0.2, 0) is 4.74 Å². The minimum atomic E-state index is 0.361. The lowest BCUT2D eigenvalue weighted by Crippen LogP contribution is -2.20. The summed E-state index contributed by atoms with van der Waals surface area (Å²) in [5.74, 6) is 0. The zero-order chi connectivity index (χ0) is 12.7. The van der Waals surface area contributed by atoms with Gasteiger partial charge >= 0.3 is 0 Å². The van der Waals surface area contributed by atoms with Crippen LogP contribution in [-0.4, -0.2) is 20.3 Å². The maximum Gasteiger partial charge on any atom is 0.0462 e. The first kappa shape index (κ1) is 15.2. The van der Waals surface area contributed by atoms with Crippen molar-refractivity contribution in [3.63, 3.8) is 0 Å². The predicted molar refractivity (Wildman–Crippen MR) is 79.4 cm³/mol. The van der Waals surface area contributed by atoms with Crippen LogP contribution >= 0.6 is 31.9 Å². The summed E-state index contributed by atoms with van der Waals surface area (Å²) in [4.78, 5) is 0. The second kappa shape index (κ2) is 8.25. The van der Waals surface area contributed by atoms with Crippen LogP contribution in [0.25, 0.3) is 0 Å². The van der Waals surface area contributed by atoms with Crippen molar-refractivity contribution >= 4 is 31.9 Å². The lowest BCUT2D eigenvalue weighted by molar-refractivity contribution is 0.192. The van der Waals surface area contributed by atoms with Crippen LogP contribution in [0, 0.1) is 0 Å². The molecule has 0 saturated heterocycles. The molecule has 2 nitrogen and oxygen atoms in total. The molecule has 0 bridgehead atoms. The number of hydrogen-bond acceptors (Lipinski definition) is 2. The normalized spacial score (nSPS) is 12.7. The number of hydrogen-bond donors (Lipinski definition) is 1. The molecule has 0 fully saturated rings. The maximum absolute atomic E-state index is 5.03. The molecule has 0 saturated carbocycles. The number of rotatable bonds is 7. The molecule has 0 aliphatic heterocycles. The Morgan fingerprint density at radius 1 is 1.29 bits per heavy atom. The van der Waals surface area contributed by atoms with Crippen LogP contribution < -0.4 is 5.32 Å². The third kappa shape index (κ3) is 5.51. The molecule has 0 heterocycles. The zero-order valence-corrected chi connectivity index (χ0v) is 13.5. The van der Waals surface area contributed by atoms with Crippen molar-refractivity contribution in [2.45, 2.75) is 25.8 Å². The molecule has 1 N–H and O–H groups in total. The Hall–Kier alpha value is 0.1000. The molecule has 1 atom stereocenters. The first-order valence-electron chi connectivity index (χ1n) is 5.82. The van der Waals surface area contributed by atoms with E-state index in [0.717, 1.165) is 34.9 Å². The number of halogens is 2. The molecule has 1 aromatic carbocycles. The van der Waals surface area contributed by atoms with Gasteiger partial charge in [0.15, 0.2) is 0 Å². The third-order valence-electron chi connectivity index (χ3n) is 2.65. The molecule has 1 unspecified atom stereocenters. The summed E-state index contributed by atoms with van der Waals surface area (Å²) in [7, 11) is 1.75. The monoisotopic (exact) mass is 363 g/mol. The molecule has 96 valence electrons. The first-order chi connectivity index (χ1) is 8.15. The van der Waals surface area contributed by atoms with Gasteiger partial charge in [-0.2, -0.15) is 0 Å². The molecule has 0 aliphatic carbocycles. The molecule has 0 aromatic heterocycles. The summed E-state index contributed by atoms with van der Waals surface area (Å²) in [6.45, 7) is 4.05. The van der Waals surface area contributed by atoms with Gasteiger partial charge in [0.05, 0.1) is 0 Å². The van der Waals surface area contributed by atoms with Gasteiger partial charge in [-0.1, -0.05) is 37.9 Å². The van der Waals surface area contributed by atoms with Crippen molar-refractivity contribution in [3.8, 4) is 0 Å². The SMILES string of the molecule is COCCCCNC(C)c1ccc(Br)cc1Br. The first-order valence-corrected chi connectivity index (χ1v) is 7.41. The fraction of sp³-hybridized carbons (Fsp3) is 0.538. The van der Waals surface area contributed by atoms with E-state index in [-0.39, 0.29) is 0 Å². The van der Waals surface area contributed by atoms with E-state index in [2.05, 4.69) is 62.3 Å². The average Bonchev–Trinajstić information content (AvgIpc) is 2.28. The third-order valence-corrected chi connectivity index (χ3v) is 3.83. The Kier molecular flexibility index (Phi) is 7.35. The molecule has 0 aliphatic rings. The molecule has 1 rings (SSSR count). The highest BCUT2D eigenvalue weighted by atomic mass is 79.9. The summed E-state index contributed by atoms with van der Waals surface area (Å²) in [6, 6.07) is 6.66. The van der Waals surface area contributed by atoms with E-state index in [1.807, 2.05) is 0 Å². The minimum Gasteiger partial charge on any atom is -0.385 e. The number of methoxy groups -OCH3 is 1. The fourth-order valence-corrected chi connectivity index (χ4v) is 3.04. The van der Waals surface area contributed by atoms with E-state index in [0.29, 0.717) is 6.04 Å². The number of nitrogens with one attached hydrogen (secondary N) is 1. The van der Waals surface area contributed by atoms with Crippen molar-refractivity contribution in [2.75, 3.05) is 20.3 Å². The van der Waals surface area contributed by atoms with Gasteiger partial charge in [-0.15, -0.1) is 0 Å². The van der Waals surface area contributed by atoms with E-state index in [1.54, 1.807) is 7.11 Å². The van der Waals surface area contributed by atoms with E-state index in [1.165, 1.54) is 5.56 Å². The van der Waals surface area contributed by atoms with Gasteiger partial charge in [-0.3, -0.25) is 0 Å². The Balaban J connectivity index is 2.38. The van der Waals surface area contributed by atoms with Crippen LogP contribution in [0.5, 0.6) is 0 Å². The summed E-state index contributed by atoms with van der Waals surface area (Å²) in [5.41, 5.74) is 1.29. The topological polar surface area (TPSA) is 21.3 Å². The van der Waals surface area contributed by atoms with Crippen LogP contribution in [0.3, 0.4) is 0 Å². The van der Waals surface area contributed by atoms with Gasteiger partial charge in [0.1, 0.15) is 0 Å². The van der Waals surface area contributed by atoms with Crippen LogP contribution in [0.1, 0.15) is 31.4 Å². The smallest absolute Gasteiger partial charge is 0.0462 e. The lowest BCUT2D eigenvalue weighted by atomic mass is 10.1. The molecule has 17 heavy (non-hydrogen) atoms. The van der Waals surface area contributed by atoms with Crippen molar-refractivity contribution in [2.24, 2.45) is 0 Å². The average molecular weight is 365 g/mol. The van der Waals surface area contributed by atoms with Crippen molar-refractivity contribution in [3.05, 3.63) is 32.7 Å². The molecule has 1 aromatic rings. The number of benzene rings is 1. The molecule has 4 heteroatoms. The molecular weight excluding hydrogens is 346 g/mol. The van der Waals surface area contributed by atoms with E-state index < -0.39 is 0 Å². The summed E-state index contributed by atoms with van der Waals surface area (Å²) >= 11 is 7.05. The fourth-order valence-electron chi connectivity index (χ4n) is 1.65. The van der Waals surface area contributed by atoms with Crippen LogP contribution in [0.2, 0.25) is 0 Å². The highest BCUT2D eigenvalue weighted by Gasteiger charge is 2.08. The summed E-state index contributed by atoms with van der Waals surface area (Å²) < 4.78 is 7.27. The Morgan fingerprint density at radius 3 is 2.71 bits per heavy atom. The quantitative estimate of drug-likeness (QED) is 0.728. The molecule has 0 amide bonds. The largest absolute Gasteiger partial charge is 0.385 e. The lowest BCUT2D eigenvalue weighted by Gasteiger charge is -2.16. The van der Waals surface area contributed by atoms with E-state index >= 15 is 0 Å². The van der Waals surface area contributed by atoms with E-state index in [9.17, 15) is 0 Å². The van der Waals surface area contributed by atoms with Gasteiger partial charge in [-0.25, -0.2) is 0 Å². The summed E-state index contributed by atoms with van der Waals surface area (Å²) in [6.07, 6.45) is 2.25. The minimum absolute atomic E-state index is 0.361. The maximum atomic E-state index is 5.03. The van der Waals surface area contributed by atoms with Crippen molar-refractivity contribution in [1.82, 2.24) is 5.32 Å². The van der Waals surface area contributed by atoms with Gasteiger partial charge in [0.2, 0.25) is 0 Å². The van der Waals surface area contributed by atoms with Crippen LogP contribution in [0.15, 0.2) is 27.1 Å². The second-order valence-corrected chi connectivity index (χ2v) is 5.81. The standard InChI is InChI=1S/C13H19Br2NO/c1-10(16-7-3-4-8-17-2)12-6-5-11(14)9-13(12)15/h5-6,9-10,16H,3-4,7-8H2,1-2H3. The van der Waals surface area contributed by atoms with Gasteiger partial charge in [0.25, 0.3) is 0 Å². The Bertz CT molecular complexity index is 344. The second-order valence-electron chi connectivity index (χ2n) is 4.04. The highest BCUT2D eigenvalue weighted by Crippen LogP contribution is 2.26. The van der Waals surface area contributed by atoms with Gasteiger partial charge in [0, 0.05) is 28.7 Å². The Morgan fingerprint density at radius 2 is 2.06 bits per heavy atom. The van der Waals surface area contributed by atoms with Gasteiger partial charge in [-0.05, 0) is 44.0 Å². The summed E-state index contributed by atoms with van der Waals surface area (Å²) in [5, 5.41) is 3.52. The molecule has 0 radical (unpaired) electrons. The van der Waals surface area contributed by atoms with Crippen molar-refractivity contribution in [1.29, 1.82) is 0 Å². The predicted octanol–water partition coefficient (Wildman–Crippen LogP) is 4.29. The number of ether oxygens (including phenoxy) is 1. The van der Waals surface area contributed by atoms with Gasteiger partial charge < -0.3 is 10.1 Å².